The molecule has 1 aromatic rings. The topological polar surface area (TPSA) is 81.2 Å². The first kappa shape index (κ1) is 12.8. The molecule has 0 radical (unpaired) electrons. The summed E-state index contributed by atoms with van der Waals surface area (Å²) in [7, 11) is 0. The highest BCUT2D eigenvalue weighted by atomic mass is 16.6. The zero-order valence-corrected chi connectivity index (χ0v) is 10.6. The largest absolute Gasteiger partial charge is 0.382 e. The van der Waals surface area contributed by atoms with Crippen LogP contribution in [0.2, 0.25) is 0 Å². The summed E-state index contributed by atoms with van der Waals surface area (Å²) in [6.07, 6.45) is 4.21. The number of nitro groups is 1. The molecule has 0 aromatic heterocycles. The van der Waals surface area contributed by atoms with Crippen molar-refractivity contribution in [2.45, 2.75) is 44.7 Å². The van der Waals surface area contributed by atoms with Gasteiger partial charge >= 0.3 is 0 Å². The molecule has 5 nitrogen and oxygen atoms in total. The van der Waals surface area contributed by atoms with E-state index in [1.807, 2.05) is 6.07 Å². The molecule has 0 bridgehead atoms. The monoisotopic (exact) mass is 249 g/mol. The van der Waals surface area contributed by atoms with Crippen LogP contribution in [0.5, 0.6) is 0 Å². The SMILES string of the molecule is Cc1c(NC2CCCC(N)C2)cccc1[N+](=O)[O-]. The zero-order valence-electron chi connectivity index (χ0n) is 10.6. The molecule has 1 aliphatic carbocycles. The van der Waals surface area contributed by atoms with E-state index >= 15 is 0 Å². The Morgan fingerprint density at radius 3 is 2.89 bits per heavy atom. The normalized spacial score (nSPS) is 23.7. The number of hydrogen-bond donors (Lipinski definition) is 2. The van der Waals surface area contributed by atoms with Crippen LogP contribution in [0.3, 0.4) is 0 Å². The van der Waals surface area contributed by atoms with Crippen LogP contribution >= 0.6 is 0 Å². The van der Waals surface area contributed by atoms with Crippen molar-refractivity contribution in [3.8, 4) is 0 Å². The van der Waals surface area contributed by atoms with E-state index in [1.54, 1.807) is 13.0 Å². The van der Waals surface area contributed by atoms with Gasteiger partial charge in [-0.2, -0.15) is 0 Å². The second-order valence-electron chi connectivity index (χ2n) is 4.97. The summed E-state index contributed by atoms with van der Waals surface area (Å²) in [5, 5.41) is 14.3. The summed E-state index contributed by atoms with van der Waals surface area (Å²) < 4.78 is 0. The van der Waals surface area contributed by atoms with Gasteiger partial charge in [0.25, 0.3) is 5.69 Å². The molecule has 0 spiro atoms. The highest BCUT2D eigenvalue weighted by Gasteiger charge is 2.21. The minimum absolute atomic E-state index is 0.167. The maximum Gasteiger partial charge on any atom is 0.274 e. The van der Waals surface area contributed by atoms with Crippen molar-refractivity contribution in [1.29, 1.82) is 0 Å². The van der Waals surface area contributed by atoms with E-state index in [0.29, 0.717) is 11.6 Å². The van der Waals surface area contributed by atoms with Crippen LogP contribution in [0.4, 0.5) is 11.4 Å². The minimum Gasteiger partial charge on any atom is -0.382 e. The zero-order chi connectivity index (χ0) is 13.1. The lowest BCUT2D eigenvalue weighted by Crippen LogP contribution is -2.35. The summed E-state index contributed by atoms with van der Waals surface area (Å²) >= 11 is 0. The van der Waals surface area contributed by atoms with Crippen LogP contribution < -0.4 is 11.1 Å². The van der Waals surface area contributed by atoms with Crippen LogP contribution in [0, 0.1) is 17.0 Å². The second-order valence-corrected chi connectivity index (χ2v) is 4.97. The maximum atomic E-state index is 10.9. The van der Waals surface area contributed by atoms with Gasteiger partial charge in [-0.15, -0.1) is 0 Å². The molecule has 1 saturated carbocycles. The summed E-state index contributed by atoms with van der Waals surface area (Å²) in [6, 6.07) is 5.72. The Kier molecular flexibility index (Phi) is 3.81. The Bertz CT molecular complexity index is 448. The minimum atomic E-state index is -0.340. The highest BCUT2D eigenvalue weighted by Crippen LogP contribution is 2.28. The van der Waals surface area contributed by atoms with Gasteiger partial charge in [0.2, 0.25) is 0 Å². The van der Waals surface area contributed by atoms with Gasteiger partial charge in [-0.25, -0.2) is 0 Å². The molecule has 2 atom stereocenters. The molecule has 18 heavy (non-hydrogen) atoms. The van der Waals surface area contributed by atoms with Gasteiger partial charge in [0.05, 0.1) is 4.92 Å². The molecule has 2 rings (SSSR count). The summed E-state index contributed by atoms with van der Waals surface area (Å²) in [5.74, 6) is 0. The first-order valence-electron chi connectivity index (χ1n) is 6.34. The fourth-order valence-corrected chi connectivity index (χ4v) is 2.56. The average Bonchev–Trinajstić information content (AvgIpc) is 2.31. The van der Waals surface area contributed by atoms with E-state index in [0.717, 1.165) is 31.4 Å². The van der Waals surface area contributed by atoms with Gasteiger partial charge in [0.15, 0.2) is 0 Å². The van der Waals surface area contributed by atoms with Crippen molar-refractivity contribution < 1.29 is 4.92 Å². The van der Waals surface area contributed by atoms with E-state index < -0.39 is 0 Å². The van der Waals surface area contributed by atoms with Gasteiger partial charge in [0, 0.05) is 29.4 Å². The molecular formula is C13H19N3O2. The number of benzene rings is 1. The molecule has 3 N–H and O–H groups in total. The molecule has 0 amide bonds. The maximum absolute atomic E-state index is 10.9. The Hall–Kier alpha value is -1.62. The van der Waals surface area contributed by atoms with E-state index in [4.69, 9.17) is 5.73 Å². The molecular weight excluding hydrogens is 230 g/mol. The van der Waals surface area contributed by atoms with E-state index in [9.17, 15) is 10.1 Å². The lowest BCUT2D eigenvalue weighted by Gasteiger charge is -2.28. The summed E-state index contributed by atoms with van der Waals surface area (Å²) in [4.78, 5) is 10.5. The number of hydrogen-bond acceptors (Lipinski definition) is 4. The second kappa shape index (κ2) is 5.35. The van der Waals surface area contributed by atoms with Crippen molar-refractivity contribution in [2.75, 3.05) is 5.32 Å². The number of nitrogens with zero attached hydrogens (tertiary/aromatic N) is 1. The van der Waals surface area contributed by atoms with Gasteiger partial charge in [-0.1, -0.05) is 6.07 Å². The molecule has 98 valence electrons. The first-order valence-corrected chi connectivity index (χ1v) is 6.34. The van der Waals surface area contributed by atoms with Crippen LogP contribution in [0.1, 0.15) is 31.2 Å². The standard InChI is InChI=1S/C13H19N3O2/c1-9-12(6-3-7-13(9)16(17)18)15-11-5-2-4-10(14)8-11/h3,6-7,10-11,15H,2,4-5,8,14H2,1H3. The molecule has 2 unspecified atom stereocenters. The highest BCUT2D eigenvalue weighted by molar-refractivity contribution is 5.60. The lowest BCUT2D eigenvalue weighted by molar-refractivity contribution is -0.385. The first-order chi connectivity index (χ1) is 8.58. The van der Waals surface area contributed by atoms with E-state index in [2.05, 4.69) is 5.32 Å². The van der Waals surface area contributed by atoms with Gasteiger partial charge in [-0.3, -0.25) is 10.1 Å². The Balaban J connectivity index is 2.14. The quantitative estimate of drug-likeness (QED) is 0.637. The Labute approximate surface area is 107 Å². The Morgan fingerprint density at radius 1 is 1.44 bits per heavy atom. The van der Waals surface area contributed by atoms with Crippen molar-refractivity contribution in [3.05, 3.63) is 33.9 Å². The lowest BCUT2D eigenvalue weighted by atomic mass is 9.91. The molecule has 0 saturated heterocycles. The van der Waals surface area contributed by atoms with E-state index in [-0.39, 0.29) is 16.7 Å². The average molecular weight is 249 g/mol. The third-order valence-corrected chi connectivity index (χ3v) is 3.58. The third-order valence-electron chi connectivity index (χ3n) is 3.58. The van der Waals surface area contributed by atoms with Gasteiger partial charge < -0.3 is 11.1 Å². The smallest absolute Gasteiger partial charge is 0.274 e. The summed E-state index contributed by atoms with van der Waals surface area (Å²) in [6.45, 7) is 1.78. The van der Waals surface area contributed by atoms with Crippen molar-refractivity contribution in [2.24, 2.45) is 5.73 Å². The van der Waals surface area contributed by atoms with Crippen molar-refractivity contribution in [3.63, 3.8) is 0 Å². The van der Waals surface area contributed by atoms with Crippen molar-refractivity contribution in [1.82, 2.24) is 0 Å². The Morgan fingerprint density at radius 2 is 2.22 bits per heavy atom. The summed E-state index contributed by atoms with van der Waals surface area (Å²) in [5.41, 5.74) is 7.66. The third kappa shape index (κ3) is 2.79. The van der Waals surface area contributed by atoms with Crippen molar-refractivity contribution >= 4 is 11.4 Å². The number of nitrogens with two attached hydrogens (primary N) is 1. The van der Waals surface area contributed by atoms with Gasteiger partial charge in [0.1, 0.15) is 0 Å². The number of nitrogens with one attached hydrogen (secondary N) is 1. The van der Waals surface area contributed by atoms with Crippen LogP contribution in [0.15, 0.2) is 18.2 Å². The molecule has 5 heteroatoms. The predicted octanol–water partition coefficient (Wildman–Crippen LogP) is 2.59. The van der Waals surface area contributed by atoms with E-state index in [1.165, 1.54) is 6.07 Å². The van der Waals surface area contributed by atoms with Crippen LogP contribution in [-0.4, -0.2) is 17.0 Å². The number of rotatable bonds is 3. The fourth-order valence-electron chi connectivity index (χ4n) is 2.56. The molecule has 1 aliphatic rings. The predicted molar refractivity (Wildman–Crippen MR) is 71.7 cm³/mol. The molecule has 1 aromatic carbocycles. The molecule has 0 heterocycles. The fraction of sp³-hybridized carbons (Fsp3) is 0.538. The number of anilines is 1. The molecule has 1 fully saturated rings. The molecule has 0 aliphatic heterocycles. The number of nitro benzene ring substituents is 1. The van der Waals surface area contributed by atoms with Crippen LogP contribution in [-0.2, 0) is 0 Å². The van der Waals surface area contributed by atoms with Crippen LogP contribution in [0.25, 0.3) is 0 Å². The van der Waals surface area contributed by atoms with Gasteiger partial charge in [-0.05, 0) is 38.7 Å².